The molecule has 0 aromatic rings. The Labute approximate surface area is 291 Å². The first-order valence-electron chi connectivity index (χ1n) is 19.6. The SMILES string of the molecule is C=C(CCCN)C1C=CC(C2=C3C=CCCC3C(C3=CC=C(C4CC=C(C(CN)CCC)C5C=CCCC54)CC3)CC2)=C2C=CC=CC21. The predicted molar refractivity (Wildman–Crippen MR) is 205 cm³/mol. The van der Waals surface area contributed by atoms with Crippen LogP contribution in [0.25, 0.3) is 0 Å². The Hall–Kier alpha value is -2.94. The van der Waals surface area contributed by atoms with Gasteiger partial charge in [0.05, 0.1) is 0 Å². The molecule has 48 heavy (non-hydrogen) atoms. The van der Waals surface area contributed by atoms with Crippen LogP contribution >= 0.6 is 0 Å². The molecule has 8 atom stereocenters. The van der Waals surface area contributed by atoms with Gasteiger partial charge in [-0.15, -0.1) is 0 Å². The molecule has 0 spiro atoms. The number of rotatable bonds is 11. The fourth-order valence-electron chi connectivity index (χ4n) is 10.8. The Kier molecular flexibility index (Phi) is 10.7. The average Bonchev–Trinajstić information content (AvgIpc) is 3.15. The second kappa shape index (κ2) is 15.3. The van der Waals surface area contributed by atoms with Crippen molar-refractivity contribution < 1.29 is 0 Å². The van der Waals surface area contributed by atoms with Crippen molar-refractivity contribution in [2.24, 2.45) is 58.8 Å². The third kappa shape index (κ3) is 6.52. The molecule has 2 heteroatoms. The molecule has 7 aliphatic rings. The van der Waals surface area contributed by atoms with E-state index in [4.69, 9.17) is 11.5 Å². The van der Waals surface area contributed by atoms with Gasteiger partial charge in [-0.2, -0.15) is 0 Å². The highest BCUT2D eigenvalue weighted by Crippen LogP contribution is 2.52. The van der Waals surface area contributed by atoms with Crippen LogP contribution in [-0.2, 0) is 0 Å². The molecule has 0 aromatic heterocycles. The first-order valence-corrected chi connectivity index (χ1v) is 19.6. The van der Waals surface area contributed by atoms with Gasteiger partial charge >= 0.3 is 0 Å². The molecule has 2 nitrogen and oxygen atoms in total. The van der Waals surface area contributed by atoms with Crippen molar-refractivity contribution in [1.82, 2.24) is 0 Å². The van der Waals surface area contributed by atoms with Gasteiger partial charge in [-0.25, -0.2) is 0 Å². The fraction of sp³-hybridized carbons (Fsp3) is 0.522. The van der Waals surface area contributed by atoms with E-state index in [1.54, 1.807) is 27.9 Å². The molecule has 0 heterocycles. The zero-order valence-corrected chi connectivity index (χ0v) is 29.6. The third-order valence-corrected chi connectivity index (χ3v) is 13.2. The first-order chi connectivity index (χ1) is 23.6. The molecule has 0 radical (unpaired) electrons. The largest absolute Gasteiger partial charge is 0.330 e. The predicted octanol–water partition coefficient (Wildman–Crippen LogP) is 10.7. The molecule has 254 valence electrons. The van der Waals surface area contributed by atoms with Crippen molar-refractivity contribution in [2.45, 2.75) is 90.4 Å². The van der Waals surface area contributed by atoms with Crippen LogP contribution < -0.4 is 11.5 Å². The second-order valence-electron chi connectivity index (χ2n) is 15.7. The lowest BCUT2D eigenvalue weighted by Crippen LogP contribution is -2.34. The minimum absolute atomic E-state index is 0.370. The van der Waals surface area contributed by atoms with E-state index in [0.29, 0.717) is 41.4 Å². The standard InChI is InChI=1S/C46H60N2/c1-3-11-34(30-48)38-25-24-36(40-14-5-6-16-42(38)40)32-19-21-33(22-20-32)37-26-28-46(44-18-9-7-15-41(37)44)45-27-23-35(31(2)12-10-29-47)39-13-4-8-17-43(39)45/h4,6,8-9,13,16-19,21,23,25,27,34-37,39-42H,2-3,5,7,10-12,14-15,20,22,24,26,28-30,47-48H2,1H3. The van der Waals surface area contributed by atoms with Gasteiger partial charge in [0.2, 0.25) is 0 Å². The van der Waals surface area contributed by atoms with Crippen LogP contribution in [-0.4, -0.2) is 13.1 Å². The number of hydrogen-bond donors (Lipinski definition) is 2. The fourth-order valence-corrected chi connectivity index (χ4v) is 10.8. The van der Waals surface area contributed by atoms with Gasteiger partial charge in [0.25, 0.3) is 0 Å². The quantitative estimate of drug-likeness (QED) is 0.221. The smallest absolute Gasteiger partial charge is 0.0127 e. The minimum Gasteiger partial charge on any atom is -0.330 e. The van der Waals surface area contributed by atoms with Crippen LogP contribution in [0.15, 0.2) is 130 Å². The van der Waals surface area contributed by atoms with Crippen molar-refractivity contribution in [3.05, 3.63) is 130 Å². The van der Waals surface area contributed by atoms with Crippen LogP contribution in [0.1, 0.15) is 90.4 Å². The van der Waals surface area contributed by atoms with Gasteiger partial charge in [0, 0.05) is 17.8 Å². The Morgan fingerprint density at radius 2 is 1.67 bits per heavy atom. The van der Waals surface area contributed by atoms with Crippen LogP contribution in [0.4, 0.5) is 0 Å². The lowest BCUT2D eigenvalue weighted by molar-refractivity contribution is 0.253. The Balaban J connectivity index is 1.13. The molecule has 0 saturated heterocycles. The number of nitrogens with two attached hydrogens (primary N) is 2. The average molecular weight is 641 g/mol. The van der Waals surface area contributed by atoms with Crippen molar-refractivity contribution in [3.8, 4) is 0 Å². The summed E-state index contributed by atoms with van der Waals surface area (Å²) in [4.78, 5) is 0. The van der Waals surface area contributed by atoms with Gasteiger partial charge in [-0.1, -0.05) is 121 Å². The minimum atomic E-state index is 0.370. The van der Waals surface area contributed by atoms with Gasteiger partial charge < -0.3 is 11.5 Å². The molecular weight excluding hydrogens is 581 g/mol. The van der Waals surface area contributed by atoms with E-state index in [0.717, 1.165) is 31.8 Å². The van der Waals surface area contributed by atoms with E-state index >= 15 is 0 Å². The van der Waals surface area contributed by atoms with Gasteiger partial charge in [0.1, 0.15) is 0 Å². The van der Waals surface area contributed by atoms with Gasteiger partial charge in [-0.05, 0) is 142 Å². The molecule has 8 unspecified atom stereocenters. The second-order valence-corrected chi connectivity index (χ2v) is 15.7. The first kappa shape index (κ1) is 33.6. The summed E-state index contributed by atoms with van der Waals surface area (Å²) in [5.74, 6) is 4.67. The van der Waals surface area contributed by atoms with Crippen molar-refractivity contribution in [3.63, 3.8) is 0 Å². The van der Waals surface area contributed by atoms with Gasteiger partial charge in [-0.3, -0.25) is 0 Å². The van der Waals surface area contributed by atoms with Crippen molar-refractivity contribution >= 4 is 0 Å². The summed E-state index contributed by atoms with van der Waals surface area (Å²) in [6, 6.07) is 0. The lowest BCUT2D eigenvalue weighted by atomic mass is 9.61. The molecule has 0 saturated carbocycles. The zero-order valence-electron chi connectivity index (χ0n) is 29.6. The topological polar surface area (TPSA) is 52.0 Å². The van der Waals surface area contributed by atoms with Crippen LogP contribution in [0.2, 0.25) is 0 Å². The highest BCUT2D eigenvalue weighted by atomic mass is 14.6. The van der Waals surface area contributed by atoms with Crippen molar-refractivity contribution in [2.75, 3.05) is 13.1 Å². The molecule has 7 aliphatic carbocycles. The number of fused-ring (bicyclic) bond motifs is 3. The summed E-state index contributed by atoms with van der Waals surface area (Å²) in [7, 11) is 0. The molecule has 0 bridgehead atoms. The summed E-state index contributed by atoms with van der Waals surface area (Å²) in [6.07, 6.45) is 47.7. The van der Waals surface area contributed by atoms with E-state index in [2.05, 4.69) is 92.5 Å². The highest BCUT2D eigenvalue weighted by molar-refractivity contribution is 5.59. The number of hydrogen-bond acceptors (Lipinski definition) is 2. The molecular formula is C46H60N2. The number of allylic oxidation sites excluding steroid dienone is 20. The van der Waals surface area contributed by atoms with E-state index < -0.39 is 0 Å². The normalized spacial score (nSPS) is 33.1. The highest BCUT2D eigenvalue weighted by Gasteiger charge is 2.40. The summed E-state index contributed by atoms with van der Waals surface area (Å²) >= 11 is 0. The summed E-state index contributed by atoms with van der Waals surface area (Å²) in [5, 5.41) is 0. The summed E-state index contributed by atoms with van der Waals surface area (Å²) in [5.41, 5.74) is 24.8. The molecule has 0 amide bonds. The maximum Gasteiger partial charge on any atom is 0.0127 e. The monoisotopic (exact) mass is 640 g/mol. The molecule has 4 N–H and O–H groups in total. The molecule has 0 fully saturated rings. The van der Waals surface area contributed by atoms with Gasteiger partial charge in [0.15, 0.2) is 0 Å². The van der Waals surface area contributed by atoms with E-state index in [-0.39, 0.29) is 0 Å². The lowest BCUT2D eigenvalue weighted by Gasteiger charge is -2.44. The van der Waals surface area contributed by atoms with Crippen molar-refractivity contribution in [1.29, 1.82) is 0 Å². The Morgan fingerprint density at radius 3 is 2.46 bits per heavy atom. The van der Waals surface area contributed by atoms with E-state index in [1.807, 2.05) is 0 Å². The molecule has 0 aliphatic heterocycles. The molecule has 0 aromatic carbocycles. The van der Waals surface area contributed by atoms with E-state index in [1.165, 1.54) is 87.3 Å². The molecule has 7 rings (SSSR count). The summed E-state index contributed by atoms with van der Waals surface area (Å²) < 4.78 is 0. The van der Waals surface area contributed by atoms with Crippen LogP contribution in [0.5, 0.6) is 0 Å². The Morgan fingerprint density at radius 1 is 0.833 bits per heavy atom. The van der Waals surface area contributed by atoms with Crippen LogP contribution in [0.3, 0.4) is 0 Å². The summed E-state index contributed by atoms with van der Waals surface area (Å²) in [6.45, 7) is 8.34. The Bertz CT molecular complexity index is 1550. The maximum absolute atomic E-state index is 6.32. The third-order valence-electron chi connectivity index (χ3n) is 13.2. The maximum atomic E-state index is 6.32. The van der Waals surface area contributed by atoms with Crippen LogP contribution in [0, 0.1) is 47.3 Å². The van der Waals surface area contributed by atoms with E-state index in [9.17, 15) is 0 Å². The zero-order chi connectivity index (χ0) is 33.0.